The Morgan fingerprint density at radius 3 is 2.42 bits per heavy atom. The number of hydrogen-bond donors (Lipinski definition) is 1. The Hall–Kier alpha value is -1.92. The number of amides is 2. The van der Waals surface area contributed by atoms with Crippen molar-refractivity contribution in [3.8, 4) is 0 Å². The number of hydrogen-bond acceptors (Lipinski definition) is 2. The standard InChI is InChI=1S/C19H25F2N3O2/c1-10-4-11(2)22-15(10)18(26)24-7-12-6-23(8-19(12,3)9-24)17(25)14-5-13(14)16(20)21/h4,12-14,16,22H,5-9H2,1-3H3/t12-,13-,14-,19+/m0/s1. The number of aromatic amines is 1. The molecular weight excluding hydrogens is 340 g/mol. The minimum absolute atomic E-state index is 0.00376. The molecule has 0 bridgehead atoms. The minimum atomic E-state index is -2.40. The van der Waals surface area contributed by atoms with E-state index in [0.717, 1.165) is 11.3 Å². The number of carbonyl (C=O) groups excluding carboxylic acids is 2. The average molecular weight is 365 g/mol. The summed E-state index contributed by atoms with van der Waals surface area (Å²) < 4.78 is 25.5. The molecule has 3 aliphatic rings. The molecule has 4 atom stereocenters. The molecule has 3 heterocycles. The van der Waals surface area contributed by atoms with Gasteiger partial charge in [-0.15, -0.1) is 0 Å². The molecule has 3 fully saturated rings. The maximum atomic E-state index is 12.8. The van der Waals surface area contributed by atoms with Gasteiger partial charge in [-0.05, 0) is 31.9 Å². The number of nitrogens with one attached hydrogen (secondary N) is 1. The van der Waals surface area contributed by atoms with Crippen LogP contribution in [0.3, 0.4) is 0 Å². The number of H-pyrrole nitrogens is 1. The first-order valence-corrected chi connectivity index (χ1v) is 9.22. The zero-order chi connectivity index (χ0) is 18.8. The van der Waals surface area contributed by atoms with Crippen LogP contribution in [0.4, 0.5) is 8.78 Å². The van der Waals surface area contributed by atoms with Crippen molar-refractivity contribution >= 4 is 11.8 Å². The Labute approximate surface area is 151 Å². The summed E-state index contributed by atoms with van der Waals surface area (Å²) in [6, 6.07) is 1.96. The van der Waals surface area contributed by atoms with Crippen LogP contribution in [0.25, 0.3) is 0 Å². The number of aryl methyl sites for hydroxylation is 2. The van der Waals surface area contributed by atoms with Crippen LogP contribution in [0.2, 0.25) is 0 Å². The summed E-state index contributed by atoms with van der Waals surface area (Å²) >= 11 is 0. The van der Waals surface area contributed by atoms with Gasteiger partial charge in [0.25, 0.3) is 5.91 Å². The molecule has 1 N–H and O–H groups in total. The monoisotopic (exact) mass is 365 g/mol. The highest BCUT2D eigenvalue weighted by Crippen LogP contribution is 2.48. The van der Waals surface area contributed by atoms with E-state index < -0.39 is 18.3 Å². The maximum Gasteiger partial charge on any atom is 0.270 e. The van der Waals surface area contributed by atoms with E-state index in [-0.39, 0.29) is 23.1 Å². The average Bonchev–Trinajstić information content (AvgIpc) is 3.08. The number of nitrogens with zero attached hydrogens (tertiary/aromatic N) is 2. The van der Waals surface area contributed by atoms with Gasteiger partial charge in [0.05, 0.1) is 0 Å². The largest absolute Gasteiger partial charge is 0.354 e. The number of likely N-dealkylation sites (tertiary alicyclic amines) is 2. The van der Waals surface area contributed by atoms with E-state index in [1.165, 1.54) is 0 Å². The van der Waals surface area contributed by atoms with Crippen LogP contribution in [0.1, 0.15) is 35.1 Å². The van der Waals surface area contributed by atoms with Gasteiger partial charge in [-0.1, -0.05) is 6.92 Å². The predicted molar refractivity (Wildman–Crippen MR) is 91.9 cm³/mol. The third-order valence-electron chi connectivity index (χ3n) is 6.41. The topological polar surface area (TPSA) is 56.4 Å². The highest BCUT2D eigenvalue weighted by atomic mass is 19.3. The van der Waals surface area contributed by atoms with E-state index in [0.29, 0.717) is 38.3 Å². The van der Waals surface area contributed by atoms with Crippen molar-refractivity contribution in [3.05, 3.63) is 23.0 Å². The highest BCUT2D eigenvalue weighted by Gasteiger charge is 2.56. The zero-order valence-electron chi connectivity index (χ0n) is 15.4. The van der Waals surface area contributed by atoms with Gasteiger partial charge in [-0.3, -0.25) is 9.59 Å². The van der Waals surface area contributed by atoms with Gasteiger partial charge in [0.15, 0.2) is 0 Å². The van der Waals surface area contributed by atoms with Crippen molar-refractivity contribution in [2.45, 2.75) is 33.6 Å². The normalized spacial score (nSPS) is 33.1. The van der Waals surface area contributed by atoms with E-state index in [2.05, 4.69) is 11.9 Å². The molecule has 1 aliphatic carbocycles. The quantitative estimate of drug-likeness (QED) is 0.895. The molecule has 2 amide bonds. The van der Waals surface area contributed by atoms with E-state index in [9.17, 15) is 18.4 Å². The second-order valence-electron chi connectivity index (χ2n) is 8.61. The third kappa shape index (κ3) is 2.72. The van der Waals surface area contributed by atoms with Crippen molar-refractivity contribution in [1.82, 2.24) is 14.8 Å². The molecule has 2 aliphatic heterocycles. The first-order chi connectivity index (χ1) is 12.2. The SMILES string of the molecule is Cc1cc(C)c(C(=O)N2C[C@@H]3CN(C(=O)[C@H]4C[C@@H]4C(F)F)C[C@]3(C)C2)[nH]1. The summed E-state index contributed by atoms with van der Waals surface area (Å²) in [5, 5.41) is 0. The van der Waals surface area contributed by atoms with Crippen molar-refractivity contribution < 1.29 is 18.4 Å². The van der Waals surface area contributed by atoms with Crippen molar-refractivity contribution in [2.75, 3.05) is 26.2 Å². The summed E-state index contributed by atoms with van der Waals surface area (Å²) in [6.07, 6.45) is -2.09. The van der Waals surface area contributed by atoms with Crippen LogP contribution < -0.4 is 0 Å². The van der Waals surface area contributed by atoms with Gasteiger partial charge >= 0.3 is 0 Å². The summed E-state index contributed by atoms with van der Waals surface area (Å²) in [6.45, 7) is 8.27. The van der Waals surface area contributed by atoms with E-state index in [1.54, 1.807) is 4.90 Å². The van der Waals surface area contributed by atoms with Crippen LogP contribution in [-0.4, -0.2) is 59.2 Å². The number of fused-ring (bicyclic) bond motifs is 1. The molecule has 4 rings (SSSR count). The van der Waals surface area contributed by atoms with Crippen LogP contribution in [0.15, 0.2) is 6.07 Å². The smallest absolute Gasteiger partial charge is 0.270 e. The molecule has 1 aromatic heterocycles. The van der Waals surface area contributed by atoms with E-state index in [1.807, 2.05) is 24.8 Å². The summed E-state index contributed by atoms with van der Waals surface area (Å²) in [5.74, 6) is -1.17. The van der Waals surface area contributed by atoms with Crippen molar-refractivity contribution in [1.29, 1.82) is 0 Å². The van der Waals surface area contributed by atoms with Gasteiger partial charge in [-0.2, -0.15) is 0 Å². The van der Waals surface area contributed by atoms with Gasteiger partial charge in [0.2, 0.25) is 12.3 Å². The molecule has 2 saturated heterocycles. The number of alkyl halides is 2. The predicted octanol–water partition coefficient (Wildman–Crippen LogP) is 2.45. The van der Waals surface area contributed by atoms with Crippen LogP contribution in [-0.2, 0) is 4.79 Å². The molecule has 0 aromatic carbocycles. The van der Waals surface area contributed by atoms with Crippen molar-refractivity contribution in [3.63, 3.8) is 0 Å². The van der Waals surface area contributed by atoms with Crippen molar-refractivity contribution in [2.24, 2.45) is 23.2 Å². The Kier molecular flexibility index (Phi) is 3.90. The number of carbonyl (C=O) groups is 2. The fourth-order valence-corrected chi connectivity index (χ4v) is 4.78. The lowest BCUT2D eigenvalue weighted by Crippen LogP contribution is -2.38. The molecule has 26 heavy (non-hydrogen) atoms. The van der Waals surface area contributed by atoms with Gasteiger partial charge in [0.1, 0.15) is 5.69 Å². The summed E-state index contributed by atoms with van der Waals surface area (Å²) in [4.78, 5) is 32.1. The minimum Gasteiger partial charge on any atom is -0.354 e. The lowest BCUT2D eigenvalue weighted by atomic mass is 9.83. The van der Waals surface area contributed by atoms with Gasteiger partial charge in [0, 0.05) is 55.0 Å². The molecule has 142 valence electrons. The van der Waals surface area contributed by atoms with Gasteiger partial charge in [-0.25, -0.2) is 8.78 Å². The summed E-state index contributed by atoms with van der Waals surface area (Å²) in [7, 11) is 0. The van der Waals surface area contributed by atoms with Crippen LogP contribution >= 0.6 is 0 Å². The first kappa shape index (κ1) is 17.5. The third-order valence-corrected chi connectivity index (χ3v) is 6.41. The van der Waals surface area contributed by atoms with Crippen LogP contribution in [0, 0.1) is 37.0 Å². The molecule has 0 radical (unpaired) electrons. The highest BCUT2D eigenvalue weighted by molar-refractivity contribution is 5.94. The van der Waals surface area contributed by atoms with Gasteiger partial charge < -0.3 is 14.8 Å². The van der Waals surface area contributed by atoms with E-state index in [4.69, 9.17) is 0 Å². The second-order valence-corrected chi connectivity index (χ2v) is 8.61. The van der Waals surface area contributed by atoms with Crippen LogP contribution in [0.5, 0.6) is 0 Å². The summed E-state index contributed by atoms with van der Waals surface area (Å²) in [5.41, 5.74) is 2.39. The fraction of sp³-hybridized carbons (Fsp3) is 0.684. The molecule has 0 spiro atoms. The Bertz CT molecular complexity index is 762. The lowest BCUT2D eigenvalue weighted by Gasteiger charge is -2.25. The Morgan fingerprint density at radius 2 is 1.88 bits per heavy atom. The molecule has 1 saturated carbocycles. The maximum absolute atomic E-state index is 12.8. The number of halogens is 2. The molecule has 0 unspecified atom stereocenters. The molecular formula is C19H25F2N3O2. The fourth-order valence-electron chi connectivity index (χ4n) is 4.78. The Morgan fingerprint density at radius 1 is 1.23 bits per heavy atom. The molecule has 5 nitrogen and oxygen atoms in total. The lowest BCUT2D eigenvalue weighted by molar-refractivity contribution is -0.133. The second kappa shape index (κ2) is 5.79. The molecule has 7 heteroatoms. The zero-order valence-corrected chi connectivity index (χ0v) is 15.4. The van der Waals surface area contributed by atoms with E-state index >= 15 is 0 Å². The number of aromatic nitrogens is 1. The molecule has 1 aromatic rings. The Balaban J connectivity index is 1.41. The number of rotatable bonds is 3. The first-order valence-electron chi connectivity index (χ1n) is 9.22.